The molecular weight excluding hydrogens is 390 g/mol. The van der Waals surface area contributed by atoms with Crippen molar-refractivity contribution in [3.8, 4) is 0 Å². The zero-order chi connectivity index (χ0) is 21.2. The molecule has 1 aliphatic heterocycles. The highest BCUT2D eigenvalue weighted by atomic mass is 16.2. The van der Waals surface area contributed by atoms with Crippen LogP contribution in [-0.2, 0) is 6.54 Å². The van der Waals surface area contributed by atoms with Gasteiger partial charge >= 0.3 is 0 Å². The minimum atomic E-state index is -0.117. The summed E-state index contributed by atoms with van der Waals surface area (Å²) in [5.41, 5.74) is 3.46. The summed E-state index contributed by atoms with van der Waals surface area (Å²) in [5.74, 6) is 0.216. The van der Waals surface area contributed by atoms with Gasteiger partial charge in [-0.15, -0.1) is 0 Å². The molecule has 0 N–H and O–H groups in total. The van der Waals surface area contributed by atoms with E-state index in [9.17, 15) is 9.59 Å². The van der Waals surface area contributed by atoms with Crippen LogP contribution >= 0.6 is 0 Å². The topological polar surface area (TPSA) is 72.5 Å². The molecule has 4 heterocycles. The molecule has 1 amide bonds. The number of amides is 1. The molecule has 1 aromatic carbocycles. The lowest BCUT2D eigenvalue weighted by Gasteiger charge is -2.33. The lowest BCUT2D eigenvalue weighted by atomic mass is 9.92. The molecule has 0 spiro atoms. The van der Waals surface area contributed by atoms with E-state index in [1.165, 1.54) is 10.1 Å². The van der Waals surface area contributed by atoms with Crippen molar-refractivity contribution in [1.82, 2.24) is 24.1 Å². The Morgan fingerprint density at radius 2 is 1.81 bits per heavy atom. The first-order valence-corrected chi connectivity index (χ1v) is 10.5. The third kappa shape index (κ3) is 3.74. The van der Waals surface area contributed by atoms with Crippen LogP contribution in [0.25, 0.3) is 5.65 Å². The summed E-state index contributed by atoms with van der Waals surface area (Å²) in [6, 6.07) is 17.4. The van der Waals surface area contributed by atoms with Crippen molar-refractivity contribution < 1.29 is 4.79 Å². The van der Waals surface area contributed by atoms with Crippen LogP contribution in [0.15, 0.2) is 78.0 Å². The first-order chi connectivity index (χ1) is 15.2. The average molecular weight is 413 g/mol. The van der Waals surface area contributed by atoms with Crippen LogP contribution in [-0.4, -0.2) is 43.1 Å². The van der Waals surface area contributed by atoms with Gasteiger partial charge in [-0.2, -0.15) is 9.61 Å². The van der Waals surface area contributed by atoms with Gasteiger partial charge in [0, 0.05) is 55.8 Å². The number of hydrogen-bond donors (Lipinski definition) is 0. The van der Waals surface area contributed by atoms with Gasteiger partial charge in [-0.25, -0.2) is 0 Å². The van der Waals surface area contributed by atoms with Crippen molar-refractivity contribution in [3.63, 3.8) is 0 Å². The summed E-state index contributed by atoms with van der Waals surface area (Å²) in [4.78, 5) is 31.4. The Kier molecular flexibility index (Phi) is 5.08. The SMILES string of the molecule is O=C(c1cccnc1)N1CCC(c2cc(=O)n3nccc3n2Cc2ccccc2)CC1. The zero-order valence-electron chi connectivity index (χ0n) is 17.1. The quantitative estimate of drug-likeness (QED) is 0.516. The second-order valence-electron chi connectivity index (χ2n) is 7.89. The summed E-state index contributed by atoms with van der Waals surface area (Å²) >= 11 is 0. The van der Waals surface area contributed by atoms with Gasteiger partial charge < -0.3 is 9.47 Å². The summed E-state index contributed by atoms with van der Waals surface area (Å²) < 4.78 is 3.64. The Bertz CT molecular complexity index is 1260. The van der Waals surface area contributed by atoms with Gasteiger partial charge in [-0.1, -0.05) is 30.3 Å². The molecule has 7 nitrogen and oxygen atoms in total. The number of nitrogens with zero attached hydrogens (tertiary/aromatic N) is 5. The molecular formula is C24H23N5O2. The highest BCUT2D eigenvalue weighted by Crippen LogP contribution is 2.29. The fourth-order valence-corrected chi connectivity index (χ4v) is 4.40. The highest BCUT2D eigenvalue weighted by molar-refractivity contribution is 5.93. The number of hydrogen-bond acceptors (Lipinski definition) is 4. The van der Waals surface area contributed by atoms with Crippen LogP contribution in [0.1, 0.15) is 40.4 Å². The third-order valence-corrected chi connectivity index (χ3v) is 5.98. The zero-order valence-corrected chi connectivity index (χ0v) is 17.1. The van der Waals surface area contributed by atoms with Crippen molar-refractivity contribution in [2.24, 2.45) is 0 Å². The van der Waals surface area contributed by atoms with Crippen molar-refractivity contribution in [2.45, 2.75) is 25.3 Å². The van der Waals surface area contributed by atoms with Crippen molar-refractivity contribution in [1.29, 1.82) is 0 Å². The molecule has 0 radical (unpaired) electrons. The maximum Gasteiger partial charge on any atom is 0.274 e. The van der Waals surface area contributed by atoms with Crippen LogP contribution in [0.4, 0.5) is 0 Å². The van der Waals surface area contributed by atoms with E-state index < -0.39 is 0 Å². The maximum atomic E-state index is 12.8. The van der Waals surface area contributed by atoms with Gasteiger partial charge in [0.25, 0.3) is 11.5 Å². The Morgan fingerprint density at radius 3 is 2.55 bits per heavy atom. The second kappa shape index (κ2) is 8.18. The number of pyridine rings is 1. The van der Waals surface area contributed by atoms with E-state index in [0.29, 0.717) is 25.2 Å². The Hall–Kier alpha value is -3.74. The van der Waals surface area contributed by atoms with E-state index in [1.807, 2.05) is 29.2 Å². The first kappa shape index (κ1) is 19.2. The van der Waals surface area contributed by atoms with E-state index in [4.69, 9.17) is 0 Å². The summed E-state index contributed by atoms with van der Waals surface area (Å²) in [6.45, 7) is 1.98. The van der Waals surface area contributed by atoms with E-state index in [0.717, 1.165) is 24.2 Å². The third-order valence-electron chi connectivity index (χ3n) is 5.98. The van der Waals surface area contributed by atoms with E-state index in [1.54, 1.807) is 36.8 Å². The lowest BCUT2D eigenvalue weighted by Crippen LogP contribution is -2.38. The van der Waals surface area contributed by atoms with Crippen LogP contribution in [0.3, 0.4) is 0 Å². The molecule has 0 atom stereocenters. The molecule has 156 valence electrons. The number of fused-ring (bicyclic) bond motifs is 1. The van der Waals surface area contributed by atoms with Gasteiger partial charge in [0.2, 0.25) is 0 Å². The molecule has 3 aromatic heterocycles. The maximum absolute atomic E-state index is 12.8. The highest BCUT2D eigenvalue weighted by Gasteiger charge is 2.27. The van der Waals surface area contributed by atoms with Crippen molar-refractivity contribution in [2.75, 3.05) is 13.1 Å². The summed E-state index contributed by atoms with van der Waals surface area (Å²) in [7, 11) is 0. The van der Waals surface area contributed by atoms with Gasteiger partial charge in [0.1, 0.15) is 5.65 Å². The van der Waals surface area contributed by atoms with Crippen LogP contribution in [0, 0.1) is 0 Å². The van der Waals surface area contributed by atoms with Gasteiger partial charge in [-0.05, 0) is 30.5 Å². The Morgan fingerprint density at radius 1 is 1.00 bits per heavy atom. The standard InChI is InChI=1S/C24H23N5O2/c30-23-15-21(19-9-13-27(14-10-19)24(31)20-7-4-11-25-16-20)28(22-8-12-26-29(22)23)17-18-5-2-1-3-6-18/h1-8,11-12,15-16,19H,9-10,13-14,17H2. The molecule has 0 unspecified atom stereocenters. The molecule has 31 heavy (non-hydrogen) atoms. The van der Waals surface area contributed by atoms with Gasteiger partial charge in [0.15, 0.2) is 0 Å². The molecule has 0 saturated carbocycles. The number of likely N-dealkylation sites (tertiary alicyclic amines) is 1. The molecule has 1 fully saturated rings. The first-order valence-electron chi connectivity index (χ1n) is 10.5. The second-order valence-corrected chi connectivity index (χ2v) is 7.89. The van der Waals surface area contributed by atoms with Gasteiger partial charge in [-0.3, -0.25) is 14.6 Å². The Labute approximate surface area is 179 Å². The largest absolute Gasteiger partial charge is 0.339 e. The van der Waals surface area contributed by atoms with E-state index in [-0.39, 0.29) is 17.4 Å². The molecule has 1 saturated heterocycles. The fourth-order valence-electron chi connectivity index (χ4n) is 4.40. The molecule has 7 heteroatoms. The minimum Gasteiger partial charge on any atom is -0.339 e. The number of rotatable bonds is 4. The van der Waals surface area contributed by atoms with Gasteiger partial charge in [0.05, 0.1) is 11.8 Å². The van der Waals surface area contributed by atoms with Crippen molar-refractivity contribution >= 4 is 11.6 Å². The lowest BCUT2D eigenvalue weighted by molar-refractivity contribution is 0.0711. The summed E-state index contributed by atoms with van der Waals surface area (Å²) in [5, 5.41) is 4.20. The van der Waals surface area contributed by atoms with Crippen LogP contribution in [0.5, 0.6) is 0 Å². The molecule has 5 rings (SSSR count). The summed E-state index contributed by atoms with van der Waals surface area (Å²) in [6.07, 6.45) is 6.56. The molecule has 1 aliphatic rings. The molecule has 0 bridgehead atoms. The predicted octanol–water partition coefficient (Wildman–Crippen LogP) is 2.96. The number of benzene rings is 1. The van der Waals surface area contributed by atoms with E-state index >= 15 is 0 Å². The number of carbonyl (C=O) groups excluding carboxylic acids is 1. The van der Waals surface area contributed by atoms with Crippen molar-refractivity contribution in [3.05, 3.63) is 100 Å². The number of carbonyl (C=O) groups is 1. The predicted molar refractivity (Wildman–Crippen MR) is 117 cm³/mol. The van der Waals surface area contributed by atoms with Crippen LogP contribution in [0.2, 0.25) is 0 Å². The molecule has 0 aliphatic carbocycles. The molecule has 4 aromatic rings. The normalized spacial score (nSPS) is 14.8. The monoisotopic (exact) mass is 413 g/mol. The Balaban J connectivity index is 1.43. The average Bonchev–Trinajstić information content (AvgIpc) is 3.33. The number of aromatic nitrogens is 4. The van der Waals surface area contributed by atoms with Crippen LogP contribution < -0.4 is 5.56 Å². The fraction of sp³-hybridized carbons (Fsp3) is 0.250. The smallest absolute Gasteiger partial charge is 0.274 e. The minimum absolute atomic E-state index is 0.0134. The van der Waals surface area contributed by atoms with E-state index in [2.05, 4.69) is 26.8 Å². The number of piperidine rings is 1.